The summed E-state index contributed by atoms with van der Waals surface area (Å²) in [4.78, 5) is 0. The monoisotopic (exact) mass is 315 g/mol. The van der Waals surface area contributed by atoms with Gasteiger partial charge in [-0.25, -0.2) is 0 Å². The van der Waals surface area contributed by atoms with Crippen LogP contribution >= 0.6 is 15.9 Å². The van der Waals surface area contributed by atoms with E-state index >= 15 is 0 Å². The van der Waals surface area contributed by atoms with E-state index in [1.165, 1.54) is 16.6 Å². The Balaban J connectivity index is 2.55. The van der Waals surface area contributed by atoms with Crippen molar-refractivity contribution in [1.29, 1.82) is 0 Å². The van der Waals surface area contributed by atoms with Gasteiger partial charge in [-0.3, -0.25) is 4.68 Å². The van der Waals surface area contributed by atoms with E-state index in [2.05, 4.69) is 47.1 Å². The smallest absolute Gasteiger partial charge is 0.0738 e. The molecule has 0 spiro atoms. The van der Waals surface area contributed by atoms with Crippen molar-refractivity contribution in [2.75, 3.05) is 13.1 Å². The maximum absolute atomic E-state index is 4.45. The first-order valence-corrected chi connectivity index (χ1v) is 7.65. The number of aryl methyl sites for hydroxylation is 2. The van der Waals surface area contributed by atoms with E-state index in [0.29, 0.717) is 11.8 Å². The summed E-state index contributed by atoms with van der Waals surface area (Å²) in [6.45, 7) is 11.1. The number of nitrogens with one attached hydrogen (secondary N) is 1. The second-order valence-corrected chi connectivity index (χ2v) is 6.13. The van der Waals surface area contributed by atoms with E-state index in [9.17, 15) is 0 Å². The van der Waals surface area contributed by atoms with Crippen LogP contribution in [0.2, 0.25) is 0 Å². The van der Waals surface area contributed by atoms with Gasteiger partial charge in [0.2, 0.25) is 0 Å². The number of aromatic nitrogens is 2. The van der Waals surface area contributed by atoms with Gasteiger partial charge in [-0.15, -0.1) is 0 Å². The molecule has 18 heavy (non-hydrogen) atoms. The third-order valence-electron chi connectivity index (χ3n) is 3.64. The molecule has 2 unspecified atom stereocenters. The number of rotatable bonds is 7. The van der Waals surface area contributed by atoms with E-state index in [4.69, 9.17) is 0 Å². The molecule has 1 N–H and O–H groups in total. The van der Waals surface area contributed by atoms with Gasteiger partial charge in [-0.2, -0.15) is 5.10 Å². The van der Waals surface area contributed by atoms with Gasteiger partial charge in [0.1, 0.15) is 0 Å². The second-order valence-electron chi connectivity index (χ2n) is 5.33. The number of hydrogen-bond acceptors (Lipinski definition) is 2. The maximum atomic E-state index is 4.45. The summed E-state index contributed by atoms with van der Waals surface area (Å²) in [5.74, 6) is 1.33. The topological polar surface area (TPSA) is 29.9 Å². The summed E-state index contributed by atoms with van der Waals surface area (Å²) in [6, 6.07) is 0. The molecule has 1 aromatic rings. The molecule has 0 aliphatic rings. The van der Waals surface area contributed by atoms with Gasteiger partial charge in [0, 0.05) is 7.05 Å². The van der Waals surface area contributed by atoms with Crippen LogP contribution in [0.25, 0.3) is 0 Å². The van der Waals surface area contributed by atoms with Crippen molar-refractivity contribution < 1.29 is 0 Å². The first kappa shape index (κ1) is 15.7. The SMILES string of the molecule is CCCNCC(C)C(C)Cc1c(Br)c(C)nn1C. The molecule has 4 heteroatoms. The van der Waals surface area contributed by atoms with E-state index in [0.717, 1.165) is 25.2 Å². The van der Waals surface area contributed by atoms with Crippen LogP contribution in [0.3, 0.4) is 0 Å². The predicted octanol–water partition coefficient (Wildman–Crippen LogP) is 3.31. The molecule has 104 valence electrons. The fraction of sp³-hybridized carbons (Fsp3) is 0.786. The Labute approximate surface area is 119 Å². The Hall–Kier alpha value is -0.350. The number of halogens is 1. The highest BCUT2D eigenvalue weighted by molar-refractivity contribution is 9.10. The molecular formula is C14H26BrN3. The lowest BCUT2D eigenvalue weighted by atomic mass is 9.91. The highest BCUT2D eigenvalue weighted by Gasteiger charge is 2.17. The molecule has 0 amide bonds. The van der Waals surface area contributed by atoms with Crippen LogP contribution in [0.15, 0.2) is 4.47 Å². The summed E-state index contributed by atoms with van der Waals surface area (Å²) in [5.41, 5.74) is 2.39. The van der Waals surface area contributed by atoms with Crippen molar-refractivity contribution in [2.24, 2.45) is 18.9 Å². The van der Waals surface area contributed by atoms with Crippen molar-refractivity contribution in [3.05, 3.63) is 15.9 Å². The molecule has 1 aromatic heterocycles. The van der Waals surface area contributed by atoms with Crippen LogP contribution in [0.4, 0.5) is 0 Å². The molecule has 0 aliphatic heterocycles. The maximum Gasteiger partial charge on any atom is 0.0738 e. The quantitative estimate of drug-likeness (QED) is 0.782. The lowest BCUT2D eigenvalue weighted by Gasteiger charge is -2.20. The van der Waals surface area contributed by atoms with Crippen molar-refractivity contribution in [1.82, 2.24) is 15.1 Å². The molecular weight excluding hydrogens is 290 g/mol. The Morgan fingerprint density at radius 3 is 2.50 bits per heavy atom. The Bertz CT molecular complexity index is 373. The van der Waals surface area contributed by atoms with Gasteiger partial charge >= 0.3 is 0 Å². The molecule has 0 aliphatic carbocycles. The molecule has 1 rings (SSSR count). The average Bonchev–Trinajstić information content (AvgIpc) is 2.56. The Morgan fingerprint density at radius 2 is 2.00 bits per heavy atom. The third kappa shape index (κ3) is 4.09. The molecule has 0 saturated carbocycles. The lowest BCUT2D eigenvalue weighted by Crippen LogP contribution is -2.27. The van der Waals surface area contributed by atoms with Gasteiger partial charge in [0.25, 0.3) is 0 Å². The molecule has 0 bridgehead atoms. The van der Waals surface area contributed by atoms with Crippen molar-refractivity contribution in [2.45, 2.75) is 40.5 Å². The van der Waals surface area contributed by atoms with Crippen LogP contribution in [-0.4, -0.2) is 22.9 Å². The predicted molar refractivity (Wildman–Crippen MR) is 80.8 cm³/mol. The second kappa shape index (κ2) is 7.29. The van der Waals surface area contributed by atoms with E-state index in [-0.39, 0.29) is 0 Å². The fourth-order valence-electron chi connectivity index (χ4n) is 2.12. The van der Waals surface area contributed by atoms with Crippen LogP contribution in [0, 0.1) is 18.8 Å². The minimum absolute atomic E-state index is 0.653. The number of nitrogens with zero attached hydrogens (tertiary/aromatic N) is 2. The summed E-state index contributed by atoms with van der Waals surface area (Å²) in [7, 11) is 2.03. The lowest BCUT2D eigenvalue weighted by molar-refractivity contribution is 0.359. The van der Waals surface area contributed by atoms with Gasteiger partial charge in [-0.1, -0.05) is 20.8 Å². The molecule has 0 radical (unpaired) electrons. The van der Waals surface area contributed by atoms with Crippen molar-refractivity contribution in [3.63, 3.8) is 0 Å². The van der Waals surface area contributed by atoms with E-state index in [1.54, 1.807) is 0 Å². The van der Waals surface area contributed by atoms with Crippen LogP contribution in [0.5, 0.6) is 0 Å². The van der Waals surface area contributed by atoms with E-state index in [1.807, 2.05) is 18.7 Å². The number of hydrogen-bond donors (Lipinski definition) is 1. The van der Waals surface area contributed by atoms with Crippen molar-refractivity contribution >= 4 is 15.9 Å². The van der Waals surface area contributed by atoms with Crippen LogP contribution in [-0.2, 0) is 13.5 Å². The average molecular weight is 316 g/mol. The van der Waals surface area contributed by atoms with Crippen LogP contribution < -0.4 is 5.32 Å². The zero-order chi connectivity index (χ0) is 13.7. The zero-order valence-electron chi connectivity index (χ0n) is 12.3. The molecule has 0 aromatic carbocycles. The Kier molecular flexibility index (Phi) is 6.36. The summed E-state index contributed by atoms with van der Waals surface area (Å²) < 4.78 is 3.17. The zero-order valence-corrected chi connectivity index (χ0v) is 13.8. The molecule has 3 nitrogen and oxygen atoms in total. The largest absolute Gasteiger partial charge is 0.316 e. The standard InChI is InChI=1S/C14H26BrN3/c1-6-7-16-9-11(3)10(2)8-13-14(15)12(4)17-18(13)5/h10-11,16H,6-9H2,1-5H3. The Morgan fingerprint density at radius 1 is 1.33 bits per heavy atom. The highest BCUT2D eigenvalue weighted by Crippen LogP contribution is 2.25. The van der Waals surface area contributed by atoms with Gasteiger partial charge < -0.3 is 5.32 Å². The molecule has 0 fully saturated rings. The molecule has 2 atom stereocenters. The van der Waals surface area contributed by atoms with Crippen molar-refractivity contribution in [3.8, 4) is 0 Å². The van der Waals surface area contributed by atoms with Gasteiger partial charge in [0.05, 0.1) is 15.9 Å². The van der Waals surface area contributed by atoms with Gasteiger partial charge in [0.15, 0.2) is 0 Å². The fourth-order valence-corrected chi connectivity index (χ4v) is 2.61. The normalized spacial score (nSPS) is 14.8. The summed E-state index contributed by atoms with van der Waals surface area (Å²) in [6.07, 6.45) is 2.28. The van der Waals surface area contributed by atoms with Gasteiger partial charge in [-0.05, 0) is 60.6 Å². The highest BCUT2D eigenvalue weighted by atomic mass is 79.9. The first-order valence-electron chi connectivity index (χ1n) is 6.86. The minimum Gasteiger partial charge on any atom is -0.316 e. The van der Waals surface area contributed by atoms with E-state index < -0.39 is 0 Å². The summed E-state index contributed by atoms with van der Waals surface area (Å²) >= 11 is 3.64. The molecule has 0 saturated heterocycles. The van der Waals surface area contributed by atoms with Crippen LogP contribution in [0.1, 0.15) is 38.6 Å². The first-order chi connectivity index (χ1) is 8.47. The summed E-state index contributed by atoms with van der Waals surface area (Å²) in [5, 5.41) is 7.95. The minimum atomic E-state index is 0.653. The molecule has 1 heterocycles. The third-order valence-corrected chi connectivity index (χ3v) is 4.67.